The van der Waals surface area contributed by atoms with Crippen LogP contribution in [0.2, 0.25) is 0 Å². The maximum absolute atomic E-state index is 12.8. The lowest BCUT2D eigenvalue weighted by Gasteiger charge is -2.30. The van der Waals surface area contributed by atoms with Crippen LogP contribution in [0, 0.1) is 0 Å². The second-order valence-electron chi connectivity index (χ2n) is 6.60. The monoisotopic (exact) mass is 373 g/mol. The molecular weight excluding hydrogens is 350 g/mol. The zero-order chi connectivity index (χ0) is 18.6. The Labute approximate surface area is 154 Å². The molecule has 0 saturated carbocycles. The smallest absolute Gasteiger partial charge is 0.253 e. The van der Waals surface area contributed by atoms with Crippen molar-refractivity contribution in [2.45, 2.75) is 19.4 Å². The summed E-state index contributed by atoms with van der Waals surface area (Å²) in [5.74, 6) is 0.103. The van der Waals surface area contributed by atoms with Gasteiger partial charge in [-0.2, -0.15) is 0 Å². The zero-order valence-corrected chi connectivity index (χ0v) is 15.6. The molecule has 7 heteroatoms. The van der Waals surface area contributed by atoms with Crippen LogP contribution >= 0.6 is 0 Å². The lowest BCUT2D eigenvalue weighted by Crippen LogP contribution is -2.42. The lowest BCUT2D eigenvalue weighted by molar-refractivity contribution is 0.0940. The molecule has 0 unspecified atom stereocenters. The van der Waals surface area contributed by atoms with E-state index >= 15 is 0 Å². The highest BCUT2D eigenvalue weighted by Crippen LogP contribution is 2.22. The Bertz CT molecular complexity index is 855. The molecule has 2 heterocycles. The average molecular weight is 373 g/mol. The number of nitrogens with one attached hydrogen (secondary N) is 1. The molecule has 1 aromatic heterocycles. The molecule has 26 heavy (non-hydrogen) atoms. The molecule has 6 nitrogen and oxygen atoms in total. The summed E-state index contributed by atoms with van der Waals surface area (Å²) in [7, 11) is -2.96. The van der Waals surface area contributed by atoms with E-state index in [2.05, 4.69) is 10.3 Å². The molecule has 1 aromatic carbocycles. The number of rotatable bonds is 5. The first-order chi connectivity index (χ1) is 12.4. The summed E-state index contributed by atoms with van der Waals surface area (Å²) < 4.78 is 23.3. The van der Waals surface area contributed by atoms with Gasteiger partial charge in [0, 0.05) is 37.2 Å². The number of para-hydroxylation sites is 1. The topological polar surface area (TPSA) is 79.4 Å². The van der Waals surface area contributed by atoms with Crippen LogP contribution in [0.1, 0.15) is 22.8 Å². The number of carbonyl (C=O) groups is 1. The van der Waals surface area contributed by atoms with Crippen molar-refractivity contribution in [3.8, 4) is 0 Å². The van der Waals surface area contributed by atoms with Gasteiger partial charge in [0.25, 0.3) is 5.91 Å². The molecule has 1 aliphatic rings. The van der Waals surface area contributed by atoms with Crippen molar-refractivity contribution in [2.24, 2.45) is 0 Å². The Morgan fingerprint density at radius 2 is 1.92 bits per heavy atom. The molecule has 0 spiro atoms. The first kappa shape index (κ1) is 18.4. The average Bonchev–Trinajstić information content (AvgIpc) is 2.62. The van der Waals surface area contributed by atoms with Crippen LogP contribution in [0.15, 0.2) is 48.8 Å². The van der Waals surface area contributed by atoms with E-state index in [1.807, 2.05) is 42.2 Å². The van der Waals surface area contributed by atoms with Crippen LogP contribution < -0.4 is 10.2 Å². The minimum atomic E-state index is -2.96. The molecule has 1 fully saturated rings. The predicted molar refractivity (Wildman–Crippen MR) is 102 cm³/mol. The van der Waals surface area contributed by atoms with Gasteiger partial charge in [-0.1, -0.05) is 18.2 Å². The molecule has 138 valence electrons. The van der Waals surface area contributed by atoms with E-state index in [-0.39, 0.29) is 23.5 Å². The van der Waals surface area contributed by atoms with Crippen molar-refractivity contribution in [2.75, 3.05) is 29.5 Å². The van der Waals surface area contributed by atoms with E-state index in [1.165, 1.54) is 0 Å². The minimum Gasteiger partial charge on any atom is -0.369 e. The highest BCUT2D eigenvalue weighted by molar-refractivity contribution is 7.91. The van der Waals surface area contributed by atoms with Gasteiger partial charge in [-0.05, 0) is 37.1 Å². The molecular formula is C19H23N3O3S. The summed E-state index contributed by atoms with van der Waals surface area (Å²) in [6.45, 7) is 2.79. The number of hydrogen-bond donors (Lipinski definition) is 1. The minimum absolute atomic E-state index is 0.0403. The molecule has 0 aliphatic carbocycles. The van der Waals surface area contributed by atoms with Crippen LogP contribution in [-0.4, -0.2) is 49.9 Å². The van der Waals surface area contributed by atoms with Crippen LogP contribution in [0.4, 0.5) is 5.69 Å². The second kappa shape index (κ2) is 7.86. The van der Waals surface area contributed by atoms with Crippen LogP contribution in [0.25, 0.3) is 0 Å². The van der Waals surface area contributed by atoms with Gasteiger partial charge in [-0.15, -0.1) is 0 Å². The van der Waals surface area contributed by atoms with E-state index in [0.717, 1.165) is 11.3 Å². The summed E-state index contributed by atoms with van der Waals surface area (Å²) in [5, 5.41) is 3.03. The van der Waals surface area contributed by atoms with Crippen LogP contribution in [0.5, 0.6) is 0 Å². The standard InChI is InChI=1S/C19H23N3O3S/c1-15(13-16-5-4-8-20-14-16)21-19(23)17-6-2-3-7-18(17)22-9-11-26(24,25)12-10-22/h2-8,14-15H,9-13H2,1H3,(H,21,23)/t15-/m0/s1. The first-order valence-corrected chi connectivity index (χ1v) is 10.5. The molecule has 3 rings (SSSR count). The molecule has 2 aromatic rings. The molecule has 1 aliphatic heterocycles. The zero-order valence-electron chi connectivity index (χ0n) is 14.8. The number of nitrogens with zero attached hydrogens (tertiary/aromatic N) is 2. The van der Waals surface area contributed by atoms with Crippen molar-refractivity contribution >= 4 is 21.4 Å². The lowest BCUT2D eigenvalue weighted by atomic mass is 10.1. The Kier molecular flexibility index (Phi) is 5.56. The SMILES string of the molecule is C[C@@H](Cc1cccnc1)NC(=O)c1ccccc1N1CCS(=O)(=O)CC1. The normalized spacial score (nSPS) is 17.5. The van der Waals surface area contributed by atoms with Gasteiger partial charge >= 0.3 is 0 Å². The van der Waals surface area contributed by atoms with E-state index in [9.17, 15) is 13.2 Å². The highest BCUT2D eigenvalue weighted by atomic mass is 32.2. The van der Waals surface area contributed by atoms with Crippen molar-refractivity contribution in [1.29, 1.82) is 0 Å². The van der Waals surface area contributed by atoms with Gasteiger partial charge in [0.15, 0.2) is 9.84 Å². The summed E-state index contributed by atoms with van der Waals surface area (Å²) in [6, 6.07) is 11.2. The number of aromatic nitrogens is 1. The van der Waals surface area contributed by atoms with Crippen molar-refractivity contribution < 1.29 is 13.2 Å². The van der Waals surface area contributed by atoms with Gasteiger partial charge in [-0.25, -0.2) is 8.42 Å². The van der Waals surface area contributed by atoms with Crippen molar-refractivity contribution in [1.82, 2.24) is 10.3 Å². The fourth-order valence-electron chi connectivity index (χ4n) is 3.12. The number of anilines is 1. The summed E-state index contributed by atoms with van der Waals surface area (Å²) >= 11 is 0. The third kappa shape index (κ3) is 4.60. The summed E-state index contributed by atoms with van der Waals surface area (Å²) in [4.78, 5) is 18.8. The van der Waals surface area contributed by atoms with Crippen molar-refractivity contribution in [3.05, 3.63) is 59.9 Å². The largest absolute Gasteiger partial charge is 0.369 e. The van der Waals surface area contributed by atoms with Crippen molar-refractivity contribution in [3.63, 3.8) is 0 Å². The van der Waals surface area contributed by atoms with Gasteiger partial charge in [-0.3, -0.25) is 9.78 Å². The van der Waals surface area contributed by atoms with Gasteiger partial charge in [0.2, 0.25) is 0 Å². The third-order valence-electron chi connectivity index (χ3n) is 4.48. The van der Waals surface area contributed by atoms with E-state index in [4.69, 9.17) is 0 Å². The van der Waals surface area contributed by atoms with E-state index in [1.54, 1.807) is 18.5 Å². The van der Waals surface area contributed by atoms with Crippen LogP contribution in [0.3, 0.4) is 0 Å². The Hall–Kier alpha value is -2.41. The molecule has 1 atom stereocenters. The number of hydrogen-bond acceptors (Lipinski definition) is 5. The fraction of sp³-hybridized carbons (Fsp3) is 0.368. The molecule has 1 amide bonds. The maximum atomic E-state index is 12.8. The quantitative estimate of drug-likeness (QED) is 0.863. The second-order valence-corrected chi connectivity index (χ2v) is 8.90. The predicted octanol–water partition coefficient (Wildman–Crippen LogP) is 1.68. The third-order valence-corrected chi connectivity index (χ3v) is 6.09. The Morgan fingerprint density at radius 1 is 1.19 bits per heavy atom. The summed E-state index contributed by atoms with van der Waals surface area (Å²) in [6.07, 6.45) is 4.22. The van der Waals surface area contributed by atoms with E-state index in [0.29, 0.717) is 25.1 Å². The fourth-order valence-corrected chi connectivity index (χ4v) is 4.32. The van der Waals surface area contributed by atoms with Crippen LogP contribution in [-0.2, 0) is 16.3 Å². The Morgan fingerprint density at radius 3 is 2.62 bits per heavy atom. The molecule has 0 radical (unpaired) electrons. The Balaban J connectivity index is 1.70. The number of carbonyl (C=O) groups excluding carboxylic acids is 1. The molecule has 0 bridgehead atoms. The van der Waals surface area contributed by atoms with Gasteiger partial charge < -0.3 is 10.2 Å². The number of benzene rings is 1. The van der Waals surface area contributed by atoms with Gasteiger partial charge in [0.05, 0.1) is 17.1 Å². The number of sulfone groups is 1. The maximum Gasteiger partial charge on any atom is 0.253 e. The number of pyridine rings is 1. The number of amides is 1. The first-order valence-electron chi connectivity index (χ1n) is 8.69. The van der Waals surface area contributed by atoms with E-state index < -0.39 is 9.84 Å². The molecule has 1 N–H and O–H groups in total. The summed E-state index contributed by atoms with van der Waals surface area (Å²) in [5.41, 5.74) is 2.42. The van der Waals surface area contributed by atoms with Gasteiger partial charge in [0.1, 0.15) is 0 Å². The highest BCUT2D eigenvalue weighted by Gasteiger charge is 2.25. The molecule has 1 saturated heterocycles.